The summed E-state index contributed by atoms with van der Waals surface area (Å²) in [5.74, 6) is 2.56. The van der Waals surface area contributed by atoms with Gasteiger partial charge >= 0.3 is 0 Å². The predicted octanol–water partition coefficient (Wildman–Crippen LogP) is 2.51. The van der Waals surface area contributed by atoms with Crippen LogP contribution < -0.4 is 9.47 Å². The van der Waals surface area contributed by atoms with E-state index in [0.29, 0.717) is 17.7 Å². The average Bonchev–Trinajstić information content (AvgIpc) is 3.40. The molecule has 6 heterocycles. The molecular formula is C22H23N3O3. The first kappa shape index (κ1) is 16.4. The molecule has 1 aromatic carbocycles. The zero-order valence-electron chi connectivity index (χ0n) is 15.7. The van der Waals surface area contributed by atoms with Crippen molar-refractivity contribution in [1.29, 1.82) is 0 Å². The number of likely N-dealkylation sites (tertiary alicyclic amines) is 1. The van der Waals surface area contributed by atoms with E-state index in [4.69, 9.17) is 9.47 Å². The Morgan fingerprint density at radius 1 is 1.04 bits per heavy atom. The van der Waals surface area contributed by atoms with Crippen LogP contribution in [0.15, 0.2) is 42.6 Å². The summed E-state index contributed by atoms with van der Waals surface area (Å²) in [4.78, 5) is 22.4. The second-order valence-electron chi connectivity index (χ2n) is 8.25. The molecule has 4 saturated heterocycles. The van der Waals surface area contributed by atoms with Crippen molar-refractivity contribution < 1.29 is 14.3 Å². The van der Waals surface area contributed by atoms with E-state index in [1.807, 2.05) is 24.3 Å². The molecule has 5 aliphatic rings. The van der Waals surface area contributed by atoms with Crippen LogP contribution in [0.3, 0.4) is 0 Å². The van der Waals surface area contributed by atoms with Gasteiger partial charge in [-0.25, -0.2) is 0 Å². The Hall–Kier alpha value is -2.60. The lowest BCUT2D eigenvalue weighted by molar-refractivity contribution is -0.00358. The van der Waals surface area contributed by atoms with Gasteiger partial charge in [-0.3, -0.25) is 14.7 Å². The largest absolute Gasteiger partial charge is 0.454 e. The van der Waals surface area contributed by atoms with Crippen LogP contribution in [0.25, 0.3) is 0 Å². The summed E-state index contributed by atoms with van der Waals surface area (Å²) in [7, 11) is 0. The van der Waals surface area contributed by atoms with Gasteiger partial charge in [0.05, 0.1) is 6.04 Å². The van der Waals surface area contributed by atoms with Gasteiger partial charge in [0.25, 0.3) is 5.91 Å². The number of ether oxygens (including phenoxy) is 2. The summed E-state index contributed by atoms with van der Waals surface area (Å²) in [5.41, 5.74) is 1.78. The summed E-state index contributed by atoms with van der Waals surface area (Å²) in [6.45, 7) is 3.29. The van der Waals surface area contributed by atoms with Crippen molar-refractivity contribution in [3.05, 3.63) is 53.9 Å². The van der Waals surface area contributed by atoms with Gasteiger partial charge in [-0.2, -0.15) is 0 Å². The van der Waals surface area contributed by atoms with E-state index in [-0.39, 0.29) is 24.7 Å². The summed E-state index contributed by atoms with van der Waals surface area (Å²) in [5, 5.41) is 0. The Morgan fingerprint density at radius 2 is 1.89 bits per heavy atom. The highest BCUT2D eigenvalue weighted by Gasteiger charge is 2.54. The minimum Gasteiger partial charge on any atom is -0.454 e. The van der Waals surface area contributed by atoms with E-state index in [2.05, 4.69) is 26.9 Å². The minimum absolute atomic E-state index is 0.0626. The summed E-state index contributed by atoms with van der Waals surface area (Å²) >= 11 is 0. The van der Waals surface area contributed by atoms with Gasteiger partial charge in [0, 0.05) is 24.7 Å². The second-order valence-corrected chi connectivity index (χ2v) is 8.25. The zero-order valence-corrected chi connectivity index (χ0v) is 15.7. The van der Waals surface area contributed by atoms with Crippen LogP contribution in [-0.4, -0.2) is 59.2 Å². The van der Waals surface area contributed by atoms with Crippen molar-refractivity contribution in [3.63, 3.8) is 0 Å². The van der Waals surface area contributed by atoms with Gasteiger partial charge < -0.3 is 14.4 Å². The van der Waals surface area contributed by atoms with Gasteiger partial charge in [0.15, 0.2) is 11.5 Å². The van der Waals surface area contributed by atoms with E-state index >= 15 is 0 Å². The molecule has 0 aliphatic carbocycles. The molecule has 6 heteroatoms. The van der Waals surface area contributed by atoms with Crippen molar-refractivity contribution in [2.75, 3.05) is 26.4 Å². The lowest BCUT2D eigenvalue weighted by Crippen LogP contribution is -2.60. The van der Waals surface area contributed by atoms with Crippen molar-refractivity contribution in [2.45, 2.75) is 30.8 Å². The molecule has 144 valence electrons. The van der Waals surface area contributed by atoms with Gasteiger partial charge in [-0.15, -0.1) is 0 Å². The van der Waals surface area contributed by atoms with E-state index in [1.54, 1.807) is 6.20 Å². The number of amides is 1. The van der Waals surface area contributed by atoms with Crippen molar-refractivity contribution in [2.24, 2.45) is 5.92 Å². The van der Waals surface area contributed by atoms with Crippen LogP contribution in [0.2, 0.25) is 0 Å². The normalized spacial score (nSPS) is 32.4. The molecule has 5 aliphatic heterocycles. The van der Waals surface area contributed by atoms with Crippen molar-refractivity contribution in [3.8, 4) is 11.5 Å². The lowest BCUT2D eigenvalue weighted by Gasteiger charge is -2.51. The molecule has 0 N–H and O–H groups in total. The Morgan fingerprint density at radius 3 is 2.71 bits per heavy atom. The molecule has 0 spiro atoms. The fourth-order valence-corrected chi connectivity index (χ4v) is 5.73. The number of hydrogen-bond acceptors (Lipinski definition) is 5. The first-order valence-electron chi connectivity index (χ1n) is 10.2. The zero-order chi connectivity index (χ0) is 18.7. The molecule has 1 amide bonds. The molecular weight excluding hydrogens is 354 g/mol. The highest BCUT2D eigenvalue weighted by Crippen LogP contribution is 2.48. The fraction of sp³-hybridized carbons (Fsp3) is 0.455. The summed E-state index contributed by atoms with van der Waals surface area (Å²) in [6, 6.07) is 12.5. The van der Waals surface area contributed by atoms with Gasteiger partial charge in [-0.1, -0.05) is 12.1 Å². The molecule has 0 saturated carbocycles. The van der Waals surface area contributed by atoms with E-state index in [0.717, 1.165) is 31.1 Å². The maximum atomic E-state index is 13.3. The summed E-state index contributed by atoms with van der Waals surface area (Å²) < 4.78 is 11.1. The van der Waals surface area contributed by atoms with Crippen LogP contribution >= 0.6 is 0 Å². The number of fused-ring (bicyclic) bond motifs is 3. The molecule has 0 radical (unpaired) electrons. The van der Waals surface area contributed by atoms with Crippen molar-refractivity contribution in [1.82, 2.24) is 14.8 Å². The highest BCUT2D eigenvalue weighted by atomic mass is 16.7. The molecule has 7 rings (SSSR count). The van der Waals surface area contributed by atoms with Crippen molar-refractivity contribution >= 4 is 5.91 Å². The Labute approximate surface area is 164 Å². The van der Waals surface area contributed by atoms with E-state index < -0.39 is 0 Å². The lowest BCUT2D eigenvalue weighted by atomic mass is 9.75. The third kappa shape index (κ3) is 2.37. The number of nitrogens with zero attached hydrogens (tertiary/aromatic N) is 3. The topological polar surface area (TPSA) is 54.9 Å². The van der Waals surface area contributed by atoms with Crippen LogP contribution in [0.5, 0.6) is 11.5 Å². The number of carbonyl (C=O) groups is 1. The molecule has 4 fully saturated rings. The first-order chi connectivity index (χ1) is 13.8. The Balaban J connectivity index is 1.39. The number of hydrogen-bond donors (Lipinski definition) is 0. The maximum absolute atomic E-state index is 13.3. The quantitative estimate of drug-likeness (QED) is 0.805. The molecule has 3 atom stereocenters. The van der Waals surface area contributed by atoms with E-state index in [9.17, 15) is 4.79 Å². The maximum Gasteiger partial charge on any atom is 0.272 e. The number of pyridine rings is 1. The monoisotopic (exact) mass is 377 g/mol. The van der Waals surface area contributed by atoms with Gasteiger partial charge in [-0.05, 0) is 61.7 Å². The van der Waals surface area contributed by atoms with Crippen LogP contribution in [0.1, 0.15) is 34.8 Å². The number of carbonyl (C=O) groups excluding carboxylic acids is 1. The number of aromatic nitrogens is 1. The molecule has 1 aromatic heterocycles. The second kappa shape index (κ2) is 6.21. The highest BCUT2D eigenvalue weighted by molar-refractivity contribution is 5.93. The standard InChI is InChI=1S/C22H23N3O3/c26-22(17-3-1-2-8-23-17)25-12-16(15-4-5-18-19(11-15)28-13-27-18)21-20(25)14-6-9-24(21)10-7-14/h1-5,8,11,14,16,20-21H,6-7,9-10,12-13H2/t16-,20+,21+/m0/s1. The van der Waals surface area contributed by atoms with Crippen LogP contribution in [0.4, 0.5) is 0 Å². The van der Waals surface area contributed by atoms with E-state index in [1.165, 1.54) is 18.4 Å². The Bertz CT molecular complexity index is 910. The van der Waals surface area contributed by atoms with Crippen LogP contribution in [-0.2, 0) is 0 Å². The molecule has 28 heavy (non-hydrogen) atoms. The summed E-state index contributed by atoms with van der Waals surface area (Å²) in [6.07, 6.45) is 4.06. The third-order valence-corrected chi connectivity index (χ3v) is 6.96. The molecule has 0 unspecified atom stereocenters. The van der Waals surface area contributed by atoms with Gasteiger partial charge in [0.2, 0.25) is 6.79 Å². The molecule has 6 nitrogen and oxygen atoms in total. The van der Waals surface area contributed by atoms with Crippen LogP contribution in [0, 0.1) is 5.92 Å². The number of rotatable bonds is 2. The molecule has 2 bridgehead atoms. The number of benzene rings is 1. The minimum atomic E-state index is 0.0626. The SMILES string of the molecule is O=C(c1ccccn1)N1C[C@@H](c2ccc3c(c2)OCO3)[C@@H]2[C@H]1C1CCN2CC1. The Kier molecular flexibility index (Phi) is 3.63. The smallest absolute Gasteiger partial charge is 0.272 e. The average molecular weight is 377 g/mol. The fourth-order valence-electron chi connectivity index (χ4n) is 5.73. The number of piperidine rings is 3. The third-order valence-electron chi connectivity index (χ3n) is 6.96. The van der Waals surface area contributed by atoms with Gasteiger partial charge in [0.1, 0.15) is 5.69 Å². The first-order valence-corrected chi connectivity index (χ1v) is 10.2. The molecule has 2 aromatic rings. The predicted molar refractivity (Wildman–Crippen MR) is 102 cm³/mol.